The van der Waals surface area contributed by atoms with Crippen LogP contribution in [0.25, 0.3) is 22.4 Å². The molecule has 23 heavy (non-hydrogen) atoms. The zero-order chi connectivity index (χ0) is 16.0. The molecule has 110 valence electrons. The molecule has 4 rings (SSSR count). The Bertz CT molecular complexity index is 953. The number of nitriles is 1. The molecule has 0 saturated carbocycles. The number of aromatic nitrogens is 1. The molecule has 2 nitrogen and oxygen atoms in total. The Balaban J connectivity index is 2.05. The van der Waals surface area contributed by atoms with Crippen LogP contribution in [0.2, 0.25) is 13.1 Å². The highest BCUT2D eigenvalue weighted by Crippen LogP contribution is 2.33. The zero-order valence-corrected chi connectivity index (χ0v) is 14.2. The second kappa shape index (κ2) is 4.90. The Labute approximate surface area is 137 Å². The predicted molar refractivity (Wildman–Crippen MR) is 96.6 cm³/mol. The van der Waals surface area contributed by atoms with Crippen molar-refractivity contribution in [2.45, 2.75) is 13.1 Å². The van der Waals surface area contributed by atoms with Crippen LogP contribution in [0.1, 0.15) is 5.56 Å². The molecule has 0 fully saturated rings. The third-order valence-electron chi connectivity index (χ3n) is 4.74. The molecular formula is C20H16N2Si. The van der Waals surface area contributed by atoms with Gasteiger partial charge in [-0.2, -0.15) is 5.26 Å². The lowest BCUT2D eigenvalue weighted by molar-refractivity contribution is 1.33. The van der Waals surface area contributed by atoms with Crippen LogP contribution in [0.15, 0.2) is 60.8 Å². The van der Waals surface area contributed by atoms with Gasteiger partial charge in [-0.25, -0.2) is 0 Å². The third kappa shape index (κ3) is 1.96. The Morgan fingerprint density at radius 3 is 2.48 bits per heavy atom. The van der Waals surface area contributed by atoms with Crippen molar-refractivity contribution in [1.29, 1.82) is 5.26 Å². The van der Waals surface area contributed by atoms with Crippen molar-refractivity contribution < 1.29 is 0 Å². The molecule has 3 heteroatoms. The van der Waals surface area contributed by atoms with Gasteiger partial charge in [-0.05, 0) is 45.8 Å². The number of rotatable bonds is 1. The summed E-state index contributed by atoms with van der Waals surface area (Å²) in [7, 11) is -1.79. The number of hydrogen-bond acceptors (Lipinski definition) is 2. The highest BCUT2D eigenvalue weighted by atomic mass is 28.3. The van der Waals surface area contributed by atoms with Gasteiger partial charge in [0.2, 0.25) is 0 Å². The fourth-order valence-corrected chi connectivity index (χ4v) is 7.13. The van der Waals surface area contributed by atoms with E-state index in [1.807, 2.05) is 30.5 Å². The van der Waals surface area contributed by atoms with E-state index in [0.717, 1.165) is 11.3 Å². The second-order valence-corrected chi connectivity index (χ2v) is 10.7. The molecule has 2 heterocycles. The van der Waals surface area contributed by atoms with Gasteiger partial charge in [0.25, 0.3) is 0 Å². The average Bonchev–Trinajstić information content (AvgIpc) is 2.83. The van der Waals surface area contributed by atoms with Crippen molar-refractivity contribution in [2.24, 2.45) is 0 Å². The average molecular weight is 312 g/mol. The van der Waals surface area contributed by atoms with E-state index in [4.69, 9.17) is 0 Å². The van der Waals surface area contributed by atoms with E-state index < -0.39 is 8.07 Å². The van der Waals surface area contributed by atoms with E-state index >= 15 is 0 Å². The summed E-state index contributed by atoms with van der Waals surface area (Å²) in [6.45, 7) is 4.77. The first-order valence-electron chi connectivity index (χ1n) is 7.73. The predicted octanol–water partition coefficient (Wildman–Crippen LogP) is 3.42. The molecule has 1 aliphatic heterocycles. The minimum atomic E-state index is -1.79. The van der Waals surface area contributed by atoms with E-state index in [0.29, 0.717) is 0 Å². The van der Waals surface area contributed by atoms with Gasteiger partial charge in [0, 0.05) is 11.8 Å². The second-order valence-electron chi connectivity index (χ2n) is 6.44. The van der Waals surface area contributed by atoms with Crippen LogP contribution in [0.3, 0.4) is 0 Å². The van der Waals surface area contributed by atoms with E-state index in [1.165, 1.54) is 27.1 Å². The van der Waals surface area contributed by atoms with Gasteiger partial charge in [-0.3, -0.25) is 4.98 Å². The van der Waals surface area contributed by atoms with Gasteiger partial charge in [0.15, 0.2) is 0 Å². The highest BCUT2D eigenvalue weighted by Gasteiger charge is 2.39. The van der Waals surface area contributed by atoms with E-state index in [-0.39, 0.29) is 0 Å². The van der Waals surface area contributed by atoms with Crippen LogP contribution in [0, 0.1) is 11.3 Å². The van der Waals surface area contributed by atoms with Crippen molar-refractivity contribution in [3.05, 3.63) is 66.4 Å². The summed E-state index contributed by atoms with van der Waals surface area (Å²) in [6, 6.07) is 20.9. The third-order valence-corrected chi connectivity index (χ3v) is 8.31. The number of benzene rings is 2. The standard InChI is InChI=1S/C20H16N2Si/c1-23(2)19-10-9-14(13-21)12-17(19)15-6-5-7-16(20(15)23)18-8-3-4-11-22-18/h3-12H,1-2H3. The van der Waals surface area contributed by atoms with Gasteiger partial charge in [-0.15, -0.1) is 0 Å². The maximum Gasteiger partial charge on any atom is 0.114 e. The summed E-state index contributed by atoms with van der Waals surface area (Å²) in [6.07, 6.45) is 1.85. The maximum absolute atomic E-state index is 9.23. The van der Waals surface area contributed by atoms with Crippen LogP contribution in [0.5, 0.6) is 0 Å². The number of nitrogens with zero attached hydrogens (tertiary/aromatic N) is 2. The number of fused-ring (bicyclic) bond motifs is 3. The molecule has 0 unspecified atom stereocenters. The molecule has 0 atom stereocenters. The van der Waals surface area contributed by atoms with Crippen LogP contribution in [-0.4, -0.2) is 13.1 Å². The molecule has 2 aromatic carbocycles. The summed E-state index contributed by atoms with van der Waals surface area (Å²) in [4.78, 5) is 4.56. The molecule has 0 spiro atoms. The molecule has 0 aliphatic carbocycles. The summed E-state index contributed by atoms with van der Waals surface area (Å²) in [5.41, 5.74) is 5.49. The lowest BCUT2D eigenvalue weighted by Gasteiger charge is -2.21. The van der Waals surface area contributed by atoms with Crippen LogP contribution < -0.4 is 10.4 Å². The summed E-state index contributed by atoms with van der Waals surface area (Å²) in [5, 5.41) is 12.1. The Hall–Kier alpha value is -2.70. The fraction of sp³-hybridized carbons (Fsp3) is 0.100. The molecule has 1 aliphatic rings. The van der Waals surface area contributed by atoms with Crippen molar-refractivity contribution >= 4 is 18.4 Å². The molecule has 0 N–H and O–H groups in total. The van der Waals surface area contributed by atoms with Crippen molar-refractivity contribution in [2.75, 3.05) is 0 Å². The first-order chi connectivity index (χ1) is 11.1. The minimum Gasteiger partial charge on any atom is -0.256 e. The minimum absolute atomic E-state index is 0.727. The first kappa shape index (κ1) is 13.9. The largest absolute Gasteiger partial charge is 0.256 e. The van der Waals surface area contributed by atoms with Crippen molar-refractivity contribution in [3.8, 4) is 28.5 Å². The van der Waals surface area contributed by atoms with Crippen molar-refractivity contribution in [3.63, 3.8) is 0 Å². The quantitative estimate of drug-likeness (QED) is 0.646. The number of hydrogen-bond donors (Lipinski definition) is 0. The van der Waals surface area contributed by atoms with Crippen LogP contribution >= 0.6 is 0 Å². The molecule has 3 aromatic rings. The van der Waals surface area contributed by atoms with Gasteiger partial charge >= 0.3 is 0 Å². The molecule has 0 saturated heterocycles. The first-order valence-corrected chi connectivity index (χ1v) is 10.7. The smallest absolute Gasteiger partial charge is 0.114 e. The highest BCUT2D eigenvalue weighted by molar-refractivity contribution is 7.04. The monoisotopic (exact) mass is 312 g/mol. The Morgan fingerprint density at radius 1 is 0.913 bits per heavy atom. The van der Waals surface area contributed by atoms with Gasteiger partial charge in [0.05, 0.1) is 17.3 Å². The lowest BCUT2D eigenvalue weighted by Crippen LogP contribution is -2.50. The SMILES string of the molecule is C[Si]1(C)c2ccc(C#N)cc2-c2cccc(-c3ccccn3)c21. The maximum atomic E-state index is 9.23. The van der Waals surface area contributed by atoms with Crippen LogP contribution in [-0.2, 0) is 0 Å². The van der Waals surface area contributed by atoms with Gasteiger partial charge < -0.3 is 0 Å². The summed E-state index contributed by atoms with van der Waals surface area (Å²) < 4.78 is 0. The van der Waals surface area contributed by atoms with E-state index in [9.17, 15) is 5.26 Å². The van der Waals surface area contributed by atoms with Gasteiger partial charge in [-0.1, -0.05) is 43.4 Å². The molecular weight excluding hydrogens is 296 g/mol. The summed E-state index contributed by atoms with van der Waals surface area (Å²) in [5.74, 6) is 0. The molecule has 0 amide bonds. The van der Waals surface area contributed by atoms with Gasteiger partial charge in [0.1, 0.15) is 8.07 Å². The van der Waals surface area contributed by atoms with E-state index in [2.05, 4.69) is 54.5 Å². The lowest BCUT2D eigenvalue weighted by atomic mass is 10.00. The normalized spacial score (nSPS) is 14.0. The Morgan fingerprint density at radius 2 is 1.74 bits per heavy atom. The number of pyridine rings is 1. The fourth-order valence-electron chi connectivity index (χ4n) is 3.70. The molecule has 0 radical (unpaired) electrons. The topological polar surface area (TPSA) is 36.7 Å². The molecule has 1 aromatic heterocycles. The van der Waals surface area contributed by atoms with Crippen molar-refractivity contribution in [1.82, 2.24) is 4.98 Å². The molecule has 0 bridgehead atoms. The Kier molecular flexibility index (Phi) is 2.97. The van der Waals surface area contributed by atoms with Crippen LogP contribution in [0.4, 0.5) is 0 Å². The summed E-state index contributed by atoms with van der Waals surface area (Å²) >= 11 is 0. The zero-order valence-electron chi connectivity index (χ0n) is 13.2. The van der Waals surface area contributed by atoms with E-state index in [1.54, 1.807) is 0 Å².